The first-order valence-electron chi connectivity index (χ1n) is 6.79. The minimum Gasteiger partial charge on any atom is -0.444 e. The molecule has 0 aliphatic heterocycles. The van der Waals surface area contributed by atoms with Crippen LogP contribution in [0.2, 0.25) is 5.15 Å². The SMILES string of the molecule is CC(NC(=O)OC(C)(C)C)c1ccc2cnc(Cl)cc2c1. The average molecular weight is 307 g/mol. The highest BCUT2D eigenvalue weighted by molar-refractivity contribution is 6.30. The van der Waals surface area contributed by atoms with Gasteiger partial charge in [-0.1, -0.05) is 23.7 Å². The maximum absolute atomic E-state index is 11.8. The van der Waals surface area contributed by atoms with Crippen molar-refractivity contribution in [1.29, 1.82) is 0 Å². The van der Waals surface area contributed by atoms with Gasteiger partial charge in [-0.05, 0) is 50.8 Å². The van der Waals surface area contributed by atoms with Gasteiger partial charge in [0, 0.05) is 11.6 Å². The standard InChI is InChI=1S/C16H19ClN2O2/c1-10(19-15(20)21-16(2,3)4)11-5-6-12-9-18-14(17)8-13(12)7-11/h5-10H,1-4H3,(H,19,20). The molecule has 1 aromatic heterocycles. The van der Waals surface area contributed by atoms with Crippen LogP contribution in [0.15, 0.2) is 30.5 Å². The molecule has 0 fully saturated rings. The van der Waals surface area contributed by atoms with Crippen LogP contribution < -0.4 is 5.32 Å². The van der Waals surface area contributed by atoms with E-state index in [1.165, 1.54) is 0 Å². The Morgan fingerprint density at radius 1 is 1.29 bits per heavy atom. The zero-order valence-electron chi connectivity index (χ0n) is 12.6. The summed E-state index contributed by atoms with van der Waals surface area (Å²) in [6, 6.07) is 7.56. The summed E-state index contributed by atoms with van der Waals surface area (Å²) in [6.45, 7) is 7.42. The minimum atomic E-state index is -0.508. The van der Waals surface area contributed by atoms with Gasteiger partial charge >= 0.3 is 6.09 Å². The van der Waals surface area contributed by atoms with Crippen LogP contribution in [0.5, 0.6) is 0 Å². The molecule has 0 saturated heterocycles. The number of carbonyl (C=O) groups is 1. The molecule has 1 aromatic carbocycles. The number of hydrogen-bond acceptors (Lipinski definition) is 3. The van der Waals surface area contributed by atoms with Gasteiger partial charge in [0.15, 0.2) is 0 Å². The topological polar surface area (TPSA) is 51.2 Å². The monoisotopic (exact) mass is 306 g/mol. The predicted molar refractivity (Wildman–Crippen MR) is 84.5 cm³/mol. The van der Waals surface area contributed by atoms with E-state index in [4.69, 9.17) is 16.3 Å². The number of nitrogens with zero attached hydrogens (tertiary/aromatic N) is 1. The van der Waals surface area contributed by atoms with Gasteiger partial charge in [-0.3, -0.25) is 0 Å². The quantitative estimate of drug-likeness (QED) is 0.833. The Bertz CT molecular complexity index is 665. The van der Waals surface area contributed by atoms with E-state index in [2.05, 4.69) is 10.3 Å². The summed E-state index contributed by atoms with van der Waals surface area (Å²) in [5, 5.41) is 5.27. The van der Waals surface area contributed by atoms with Gasteiger partial charge in [0.05, 0.1) is 6.04 Å². The van der Waals surface area contributed by atoms with Gasteiger partial charge < -0.3 is 10.1 Å². The summed E-state index contributed by atoms with van der Waals surface area (Å²) in [7, 11) is 0. The molecule has 1 N–H and O–H groups in total. The number of benzene rings is 1. The van der Waals surface area contributed by atoms with Crippen molar-refractivity contribution in [1.82, 2.24) is 10.3 Å². The molecule has 0 aliphatic rings. The van der Waals surface area contributed by atoms with Crippen LogP contribution >= 0.6 is 11.6 Å². The first-order chi connectivity index (χ1) is 9.74. The molecule has 4 nitrogen and oxygen atoms in total. The fraction of sp³-hybridized carbons (Fsp3) is 0.375. The fourth-order valence-corrected chi connectivity index (χ4v) is 2.14. The van der Waals surface area contributed by atoms with Crippen molar-refractivity contribution in [3.8, 4) is 0 Å². The Labute approximate surface area is 129 Å². The lowest BCUT2D eigenvalue weighted by Gasteiger charge is -2.22. The number of ether oxygens (including phenoxy) is 1. The van der Waals surface area contributed by atoms with Crippen LogP contribution in [0.25, 0.3) is 10.8 Å². The number of rotatable bonds is 2. The summed E-state index contributed by atoms with van der Waals surface area (Å²) in [6.07, 6.45) is 1.30. The Hall–Kier alpha value is -1.81. The average Bonchev–Trinajstić information content (AvgIpc) is 2.35. The molecule has 2 rings (SSSR count). The zero-order valence-corrected chi connectivity index (χ0v) is 13.4. The normalized spacial score (nSPS) is 13.0. The van der Waals surface area contributed by atoms with E-state index in [1.54, 1.807) is 12.3 Å². The summed E-state index contributed by atoms with van der Waals surface area (Å²) < 4.78 is 5.26. The summed E-state index contributed by atoms with van der Waals surface area (Å²) in [5.74, 6) is 0. The molecule has 0 aliphatic carbocycles. The number of hydrogen-bond donors (Lipinski definition) is 1. The Kier molecular flexibility index (Phi) is 4.37. The van der Waals surface area contributed by atoms with E-state index in [1.807, 2.05) is 45.9 Å². The van der Waals surface area contributed by atoms with E-state index >= 15 is 0 Å². The number of amides is 1. The summed E-state index contributed by atoms with van der Waals surface area (Å²) in [4.78, 5) is 15.8. The van der Waals surface area contributed by atoms with E-state index in [0.717, 1.165) is 16.3 Å². The lowest BCUT2D eigenvalue weighted by molar-refractivity contribution is 0.0508. The molecule has 21 heavy (non-hydrogen) atoms. The highest BCUT2D eigenvalue weighted by Gasteiger charge is 2.18. The molecular formula is C16H19ClN2O2. The predicted octanol–water partition coefficient (Wildman–Crippen LogP) is 4.47. The number of aromatic nitrogens is 1. The molecule has 0 radical (unpaired) electrons. The molecule has 0 spiro atoms. The third-order valence-electron chi connectivity index (χ3n) is 2.95. The molecule has 0 saturated carbocycles. The molecule has 112 valence electrons. The van der Waals surface area contributed by atoms with Crippen LogP contribution in [0, 0.1) is 0 Å². The lowest BCUT2D eigenvalue weighted by Crippen LogP contribution is -2.34. The van der Waals surface area contributed by atoms with Crippen LogP contribution in [-0.2, 0) is 4.74 Å². The van der Waals surface area contributed by atoms with Gasteiger partial charge in [0.2, 0.25) is 0 Å². The van der Waals surface area contributed by atoms with Gasteiger partial charge in [0.1, 0.15) is 10.8 Å². The molecule has 1 atom stereocenters. The summed E-state index contributed by atoms with van der Waals surface area (Å²) >= 11 is 5.91. The second kappa shape index (κ2) is 5.90. The van der Waals surface area contributed by atoms with E-state index in [9.17, 15) is 4.79 Å². The second-order valence-electron chi connectivity index (χ2n) is 5.98. The van der Waals surface area contributed by atoms with Crippen molar-refractivity contribution in [3.05, 3.63) is 41.2 Å². The van der Waals surface area contributed by atoms with Crippen molar-refractivity contribution in [2.45, 2.75) is 39.3 Å². The third-order valence-corrected chi connectivity index (χ3v) is 3.15. The highest BCUT2D eigenvalue weighted by Crippen LogP contribution is 2.22. The van der Waals surface area contributed by atoms with E-state index < -0.39 is 11.7 Å². The van der Waals surface area contributed by atoms with Gasteiger partial charge in [-0.2, -0.15) is 0 Å². The smallest absolute Gasteiger partial charge is 0.408 e. The minimum absolute atomic E-state index is 0.156. The number of halogens is 1. The van der Waals surface area contributed by atoms with Crippen molar-refractivity contribution < 1.29 is 9.53 Å². The van der Waals surface area contributed by atoms with Gasteiger partial charge in [-0.15, -0.1) is 0 Å². The number of nitrogens with one attached hydrogen (secondary N) is 1. The molecule has 2 aromatic rings. The van der Waals surface area contributed by atoms with Gasteiger partial charge in [-0.25, -0.2) is 9.78 Å². The van der Waals surface area contributed by atoms with Crippen molar-refractivity contribution in [2.24, 2.45) is 0 Å². The number of pyridine rings is 1. The van der Waals surface area contributed by atoms with Crippen molar-refractivity contribution in [2.75, 3.05) is 0 Å². The molecule has 5 heteroatoms. The van der Waals surface area contributed by atoms with Crippen molar-refractivity contribution >= 4 is 28.5 Å². The maximum Gasteiger partial charge on any atom is 0.408 e. The lowest BCUT2D eigenvalue weighted by atomic mass is 10.0. The molecule has 1 amide bonds. The van der Waals surface area contributed by atoms with E-state index in [-0.39, 0.29) is 6.04 Å². The number of carbonyl (C=O) groups excluding carboxylic acids is 1. The van der Waals surface area contributed by atoms with Crippen LogP contribution in [0.3, 0.4) is 0 Å². The third kappa shape index (κ3) is 4.33. The Morgan fingerprint density at radius 3 is 2.67 bits per heavy atom. The van der Waals surface area contributed by atoms with Gasteiger partial charge in [0.25, 0.3) is 0 Å². The number of alkyl carbamates (subject to hydrolysis) is 1. The van der Waals surface area contributed by atoms with Crippen LogP contribution in [-0.4, -0.2) is 16.7 Å². The van der Waals surface area contributed by atoms with Crippen molar-refractivity contribution in [3.63, 3.8) is 0 Å². The number of fused-ring (bicyclic) bond motifs is 1. The first-order valence-corrected chi connectivity index (χ1v) is 7.17. The molecular weight excluding hydrogens is 288 g/mol. The molecule has 1 unspecified atom stereocenters. The highest BCUT2D eigenvalue weighted by atomic mass is 35.5. The molecule has 0 bridgehead atoms. The largest absolute Gasteiger partial charge is 0.444 e. The van der Waals surface area contributed by atoms with Crippen LogP contribution in [0.4, 0.5) is 4.79 Å². The Balaban J connectivity index is 2.15. The molecule has 1 heterocycles. The fourth-order valence-electron chi connectivity index (χ4n) is 1.97. The Morgan fingerprint density at radius 2 is 2.00 bits per heavy atom. The second-order valence-corrected chi connectivity index (χ2v) is 6.37. The summed E-state index contributed by atoms with van der Waals surface area (Å²) in [5.41, 5.74) is 0.475. The van der Waals surface area contributed by atoms with Crippen LogP contribution in [0.1, 0.15) is 39.3 Å². The van der Waals surface area contributed by atoms with E-state index in [0.29, 0.717) is 5.15 Å². The maximum atomic E-state index is 11.8. The zero-order chi connectivity index (χ0) is 15.6. The first kappa shape index (κ1) is 15.6.